The van der Waals surface area contributed by atoms with Gasteiger partial charge in [0, 0.05) is 33.6 Å². The zero-order valence-corrected chi connectivity index (χ0v) is 16.7. The van der Waals surface area contributed by atoms with Crippen LogP contribution in [0.5, 0.6) is 0 Å². The Morgan fingerprint density at radius 1 is 1.31 bits per heavy atom. The number of hydrogen-bond donors (Lipinski definition) is 2. The SMILES string of the molecule is CC(C)CNC(=NCC1(C(=O)N(C)C)CCCC1)NCCc1ccco1. The highest BCUT2D eigenvalue weighted by Crippen LogP contribution is 2.39. The lowest BCUT2D eigenvalue weighted by atomic mass is 9.85. The van der Waals surface area contributed by atoms with Crippen LogP contribution in [0.15, 0.2) is 27.8 Å². The van der Waals surface area contributed by atoms with Gasteiger partial charge in [0.2, 0.25) is 5.91 Å². The van der Waals surface area contributed by atoms with E-state index in [9.17, 15) is 4.79 Å². The maximum atomic E-state index is 12.7. The number of hydrogen-bond acceptors (Lipinski definition) is 3. The summed E-state index contributed by atoms with van der Waals surface area (Å²) in [7, 11) is 3.68. The first-order valence-electron chi connectivity index (χ1n) is 9.69. The summed E-state index contributed by atoms with van der Waals surface area (Å²) in [5.41, 5.74) is -0.336. The van der Waals surface area contributed by atoms with Crippen molar-refractivity contribution in [3.8, 4) is 0 Å². The Balaban J connectivity index is 2.00. The minimum atomic E-state index is -0.336. The molecule has 0 aromatic carbocycles. The summed E-state index contributed by atoms with van der Waals surface area (Å²) in [5, 5.41) is 6.77. The molecule has 0 aliphatic heterocycles. The first kappa shape index (κ1) is 20.3. The number of aliphatic imine (C=N–C) groups is 1. The fraction of sp³-hybridized carbons (Fsp3) is 0.700. The van der Waals surface area contributed by atoms with Crippen LogP contribution in [0.4, 0.5) is 0 Å². The summed E-state index contributed by atoms with van der Waals surface area (Å²) in [4.78, 5) is 19.2. The number of carbonyl (C=O) groups is 1. The summed E-state index contributed by atoms with van der Waals surface area (Å²) in [6.07, 6.45) is 6.56. The highest BCUT2D eigenvalue weighted by molar-refractivity contribution is 5.84. The van der Waals surface area contributed by atoms with Crippen LogP contribution in [-0.2, 0) is 11.2 Å². The van der Waals surface area contributed by atoms with E-state index in [4.69, 9.17) is 9.41 Å². The Morgan fingerprint density at radius 3 is 2.62 bits per heavy atom. The van der Waals surface area contributed by atoms with Crippen LogP contribution in [-0.4, -0.2) is 50.5 Å². The Labute approximate surface area is 157 Å². The number of nitrogens with one attached hydrogen (secondary N) is 2. The number of carbonyl (C=O) groups excluding carboxylic acids is 1. The van der Waals surface area contributed by atoms with E-state index in [1.165, 1.54) is 0 Å². The van der Waals surface area contributed by atoms with Gasteiger partial charge in [-0.1, -0.05) is 26.7 Å². The first-order chi connectivity index (χ1) is 12.4. The molecule has 0 atom stereocenters. The number of nitrogens with zero attached hydrogens (tertiary/aromatic N) is 2. The zero-order valence-electron chi connectivity index (χ0n) is 16.7. The quantitative estimate of drug-likeness (QED) is 0.551. The molecule has 0 saturated heterocycles. The Bertz CT molecular complexity index is 573. The van der Waals surface area contributed by atoms with Crippen molar-refractivity contribution in [3.05, 3.63) is 24.2 Å². The van der Waals surface area contributed by atoms with Gasteiger partial charge in [-0.3, -0.25) is 9.79 Å². The number of amides is 1. The predicted octanol–water partition coefficient (Wildman–Crippen LogP) is 2.66. The van der Waals surface area contributed by atoms with Crippen molar-refractivity contribution in [1.29, 1.82) is 0 Å². The van der Waals surface area contributed by atoms with E-state index < -0.39 is 0 Å². The topological polar surface area (TPSA) is 69.9 Å². The van der Waals surface area contributed by atoms with Gasteiger partial charge in [0.1, 0.15) is 5.76 Å². The lowest BCUT2D eigenvalue weighted by molar-refractivity contribution is -0.138. The van der Waals surface area contributed by atoms with Gasteiger partial charge >= 0.3 is 0 Å². The monoisotopic (exact) mass is 362 g/mol. The van der Waals surface area contributed by atoms with Crippen LogP contribution in [0.3, 0.4) is 0 Å². The van der Waals surface area contributed by atoms with Gasteiger partial charge in [0.25, 0.3) is 0 Å². The molecule has 0 unspecified atom stereocenters. The van der Waals surface area contributed by atoms with Gasteiger partial charge < -0.3 is 20.0 Å². The van der Waals surface area contributed by atoms with E-state index in [0.29, 0.717) is 12.5 Å². The van der Waals surface area contributed by atoms with Gasteiger partial charge in [0.05, 0.1) is 18.2 Å². The van der Waals surface area contributed by atoms with E-state index in [-0.39, 0.29) is 11.3 Å². The van der Waals surface area contributed by atoms with Gasteiger partial charge in [-0.15, -0.1) is 0 Å². The third-order valence-corrected chi connectivity index (χ3v) is 4.88. The molecule has 2 rings (SSSR count). The normalized spacial score (nSPS) is 16.7. The lowest BCUT2D eigenvalue weighted by Gasteiger charge is -2.29. The second-order valence-electron chi connectivity index (χ2n) is 7.88. The Hall–Kier alpha value is -1.98. The Morgan fingerprint density at radius 2 is 2.04 bits per heavy atom. The molecular weight excluding hydrogens is 328 g/mol. The van der Waals surface area contributed by atoms with E-state index in [2.05, 4.69) is 24.5 Å². The van der Waals surface area contributed by atoms with Gasteiger partial charge in [-0.25, -0.2) is 0 Å². The molecule has 0 radical (unpaired) electrons. The molecule has 6 heteroatoms. The average Bonchev–Trinajstić information content (AvgIpc) is 3.28. The highest BCUT2D eigenvalue weighted by Gasteiger charge is 2.42. The average molecular weight is 363 g/mol. The number of guanidine groups is 1. The summed E-state index contributed by atoms with van der Waals surface area (Å²) in [6, 6.07) is 3.88. The molecule has 0 spiro atoms. The van der Waals surface area contributed by atoms with Crippen LogP contribution in [0.25, 0.3) is 0 Å². The summed E-state index contributed by atoms with van der Waals surface area (Å²) in [6.45, 7) is 6.47. The molecule has 146 valence electrons. The van der Waals surface area contributed by atoms with E-state index in [1.807, 2.05) is 26.2 Å². The van der Waals surface area contributed by atoms with Crippen LogP contribution < -0.4 is 10.6 Å². The molecule has 2 N–H and O–H groups in total. The maximum Gasteiger partial charge on any atom is 0.230 e. The van der Waals surface area contributed by atoms with Crippen molar-refractivity contribution >= 4 is 11.9 Å². The van der Waals surface area contributed by atoms with Crippen molar-refractivity contribution in [2.45, 2.75) is 46.0 Å². The van der Waals surface area contributed by atoms with Crippen LogP contribution in [0, 0.1) is 11.3 Å². The van der Waals surface area contributed by atoms with Crippen molar-refractivity contribution in [1.82, 2.24) is 15.5 Å². The molecule has 0 bridgehead atoms. The minimum absolute atomic E-state index is 0.206. The van der Waals surface area contributed by atoms with Gasteiger partial charge in [-0.2, -0.15) is 0 Å². The van der Waals surface area contributed by atoms with Crippen molar-refractivity contribution < 1.29 is 9.21 Å². The summed E-state index contributed by atoms with van der Waals surface area (Å²) >= 11 is 0. The maximum absolute atomic E-state index is 12.7. The largest absolute Gasteiger partial charge is 0.469 e. The lowest BCUT2D eigenvalue weighted by Crippen LogP contribution is -2.44. The molecule has 1 aliphatic rings. The molecule has 1 amide bonds. The summed E-state index contributed by atoms with van der Waals surface area (Å²) < 4.78 is 5.38. The minimum Gasteiger partial charge on any atom is -0.469 e. The molecule has 6 nitrogen and oxygen atoms in total. The molecule has 1 saturated carbocycles. The fourth-order valence-electron chi connectivity index (χ4n) is 3.43. The number of rotatable bonds is 8. The van der Waals surface area contributed by atoms with Crippen LogP contribution in [0.1, 0.15) is 45.3 Å². The molecular formula is C20H34N4O2. The van der Waals surface area contributed by atoms with Gasteiger partial charge in [0.15, 0.2) is 5.96 Å². The molecule has 1 aromatic rings. The molecule has 1 aliphatic carbocycles. The van der Waals surface area contributed by atoms with Crippen molar-refractivity contribution in [2.24, 2.45) is 16.3 Å². The zero-order chi connectivity index (χ0) is 19.0. The van der Waals surface area contributed by atoms with E-state index >= 15 is 0 Å². The van der Waals surface area contributed by atoms with Crippen LogP contribution >= 0.6 is 0 Å². The summed E-state index contributed by atoms with van der Waals surface area (Å²) in [5.74, 6) is 2.47. The molecule has 26 heavy (non-hydrogen) atoms. The smallest absolute Gasteiger partial charge is 0.230 e. The fourth-order valence-corrected chi connectivity index (χ4v) is 3.43. The molecule has 1 aromatic heterocycles. The van der Waals surface area contributed by atoms with Crippen molar-refractivity contribution in [3.63, 3.8) is 0 Å². The second-order valence-corrected chi connectivity index (χ2v) is 7.88. The third-order valence-electron chi connectivity index (χ3n) is 4.88. The van der Waals surface area contributed by atoms with Gasteiger partial charge in [-0.05, 0) is 30.9 Å². The number of furan rings is 1. The Kier molecular flexibility index (Phi) is 7.54. The second kappa shape index (κ2) is 9.64. The van der Waals surface area contributed by atoms with E-state index in [0.717, 1.165) is 56.9 Å². The van der Waals surface area contributed by atoms with Crippen molar-refractivity contribution in [2.75, 3.05) is 33.7 Å². The highest BCUT2D eigenvalue weighted by atomic mass is 16.3. The first-order valence-corrected chi connectivity index (χ1v) is 9.69. The van der Waals surface area contributed by atoms with E-state index in [1.54, 1.807) is 11.2 Å². The predicted molar refractivity (Wildman–Crippen MR) is 105 cm³/mol. The standard InChI is InChI=1S/C20H34N4O2/c1-16(2)14-22-19(21-12-9-17-8-7-13-26-17)23-15-20(10-5-6-11-20)18(25)24(3)4/h7-8,13,16H,5-6,9-12,14-15H2,1-4H3,(H2,21,22,23). The molecule has 1 heterocycles. The molecule has 1 fully saturated rings. The third kappa shape index (κ3) is 5.78. The van der Waals surface area contributed by atoms with Crippen LogP contribution in [0.2, 0.25) is 0 Å².